The monoisotopic (exact) mass is 316 g/mol. The second-order valence-electron chi connectivity index (χ2n) is 4.07. The van der Waals surface area contributed by atoms with Crippen molar-refractivity contribution in [3.63, 3.8) is 0 Å². The molecule has 21 heavy (non-hydrogen) atoms. The third-order valence-corrected chi connectivity index (χ3v) is 2.98. The summed E-state index contributed by atoms with van der Waals surface area (Å²) in [5.41, 5.74) is 5.02. The Morgan fingerprint density at radius 2 is 1.86 bits per heavy atom. The summed E-state index contributed by atoms with van der Waals surface area (Å²) in [5, 5.41) is 11.5. The van der Waals surface area contributed by atoms with Crippen LogP contribution >= 0.6 is 11.6 Å². The number of carbonyl (C=O) groups excluding carboxylic acids is 1. The highest BCUT2D eigenvalue weighted by Crippen LogP contribution is 2.27. The van der Waals surface area contributed by atoms with Crippen molar-refractivity contribution in [1.29, 1.82) is 0 Å². The molecular formula is C13H8ClF3N2O2. The minimum Gasteiger partial charge on any atom is -0.503 e. The molecule has 0 unspecified atom stereocenters. The lowest BCUT2D eigenvalue weighted by Crippen LogP contribution is -2.15. The lowest BCUT2D eigenvalue weighted by molar-refractivity contribution is 0.102. The van der Waals surface area contributed by atoms with E-state index in [2.05, 4.69) is 5.32 Å². The van der Waals surface area contributed by atoms with Gasteiger partial charge in [-0.1, -0.05) is 11.6 Å². The predicted octanol–water partition coefficient (Wildman–Crippen LogP) is 3.30. The number of aromatic hydroxyl groups is 1. The zero-order valence-corrected chi connectivity index (χ0v) is 11.0. The van der Waals surface area contributed by atoms with Crippen LogP contribution in [0, 0.1) is 17.5 Å². The summed E-state index contributed by atoms with van der Waals surface area (Å²) in [5.74, 6) is -7.51. The van der Waals surface area contributed by atoms with Gasteiger partial charge in [-0.2, -0.15) is 4.39 Å². The Kier molecular flexibility index (Phi) is 3.95. The third-order valence-electron chi connectivity index (χ3n) is 2.63. The van der Waals surface area contributed by atoms with E-state index in [0.29, 0.717) is 6.07 Å². The Morgan fingerprint density at radius 3 is 2.48 bits per heavy atom. The lowest BCUT2D eigenvalue weighted by atomic mass is 10.1. The molecule has 0 aliphatic heterocycles. The molecule has 0 spiro atoms. The van der Waals surface area contributed by atoms with Gasteiger partial charge in [0.15, 0.2) is 17.4 Å². The van der Waals surface area contributed by atoms with Crippen molar-refractivity contribution in [3.05, 3.63) is 52.3 Å². The first-order valence-electron chi connectivity index (χ1n) is 5.54. The molecule has 0 aliphatic rings. The molecule has 2 aromatic rings. The van der Waals surface area contributed by atoms with Gasteiger partial charge in [0.2, 0.25) is 5.82 Å². The van der Waals surface area contributed by atoms with Crippen LogP contribution in [-0.4, -0.2) is 11.0 Å². The summed E-state index contributed by atoms with van der Waals surface area (Å²) in [4.78, 5) is 11.8. The molecular weight excluding hydrogens is 309 g/mol. The molecule has 0 fully saturated rings. The SMILES string of the molecule is Nc1cc(NC(=O)c2cc(F)c(F)c(O)c2F)ccc1Cl. The predicted molar refractivity (Wildman–Crippen MR) is 71.8 cm³/mol. The molecule has 2 aromatic carbocycles. The number of anilines is 2. The summed E-state index contributed by atoms with van der Waals surface area (Å²) in [6, 6.07) is 4.43. The van der Waals surface area contributed by atoms with Crippen molar-refractivity contribution in [1.82, 2.24) is 0 Å². The zero-order chi connectivity index (χ0) is 15.7. The number of hydrogen-bond donors (Lipinski definition) is 3. The molecule has 0 saturated carbocycles. The van der Waals surface area contributed by atoms with Crippen LogP contribution in [0.5, 0.6) is 5.75 Å². The number of rotatable bonds is 2. The largest absolute Gasteiger partial charge is 0.503 e. The molecule has 4 N–H and O–H groups in total. The normalized spacial score (nSPS) is 10.5. The highest BCUT2D eigenvalue weighted by molar-refractivity contribution is 6.33. The number of nitrogen functional groups attached to an aromatic ring is 1. The Hall–Kier alpha value is -2.41. The molecule has 4 nitrogen and oxygen atoms in total. The number of nitrogens with one attached hydrogen (secondary N) is 1. The number of hydrogen-bond acceptors (Lipinski definition) is 3. The number of phenolic OH excluding ortho intramolecular Hbond substituents is 1. The van der Waals surface area contributed by atoms with Gasteiger partial charge < -0.3 is 16.2 Å². The van der Waals surface area contributed by atoms with Crippen LogP contribution in [0.25, 0.3) is 0 Å². The lowest BCUT2D eigenvalue weighted by Gasteiger charge is -2.09. The first kappa shape index (κ1) is 15.0. The number of benzene rings is 2. The van der Waals surface area contributed by atoms with E-state index in [9.17, 15) is 18.0 Å². The fraction of sp³-hybridized carbons (Fsp3) is 0. The van der Waals surface area contributed by atoms with Crippen LogP contribution in [0.3, 0.4) is 0 Å². The van der Waals surface area contributed by atoms with Crippen molar-refractivity contribution >= 4 is 28.9 Å². The molecule has 2 rings (SSSR count). The van der Waals surface area contributed by atoms with Crippen LogP contribution in [0.4, 0.5) is 24.5 Å². The van der Waals surface area contributed by atoms with Crippen molar-refractivity contribution in [2.75, 3.05) is 11.1 Å². The van der Waals surface area contributed by atoms with Gasteiger partial charge in [0.05, 0.1) is 16.3 Å². The van der Waals surface area contributed by atoms with E-state index >= 15 is 0 Å². The van der Waals surface area contributed by atoms with Gasteiger partial charge in [-0.25, -0.2) is 8.78 Å². The van der Waals surface area contributed by atoms with E-state index < -0.39 is 34.7 Å². The summed E-state index contributed by atoms with van der Waals surface area (Å²) in [6.45, 7) is 0. The van der Waals surface area contributed by atoms with Gasteiger partial charge in [-0.05, 0) is 24.3 Å². The van der Waals surface area contributed by atoms with E-state index in [1.807, 2.05) is 0 Å². The zero-order valence-electron chi connectivity index (χ0n) is 10.3. The van der Waals surface area contributed by atoms with Gasteiger partial charge >= 0.3 is 0 Å². The maximum Gasteiger partial charge on any atom is 0.258 e. The summed E-state index contributed by atoms with van der Waals surface area (Å²) >= 11 is 5.70. The van der Waals surface area contributed by atoms with Crippen molar-refractivity contribution in [2.45, 2.75) is 0 Å². The number of nitrogens with two attached hydrogens (primary N) is 1. The molecule has 0 bridgehead atoms. The summed E-state index contributed by atoms with van der Waals surface area (Å²) in [6.07, 6.45) is 0. The Bertz CT molecular complexity index is 738. The molecule has 110 valence electrons. The second kappa shape index (κ2) is 5.53. The van der Waals surface area contributed by atoms with E-state index in [1.54, 1.807) is 0 Å². The number of carbonyl (C=O) groups is 1. The number of amides is 1. The number of phenols is 1. The Balaban J connectivity index is 2.35. The average Bonchev–Trinajstić information content (AvgIpc) is 2.44. The van der Waals surface area contributed by atoms with Crippen molar-refractivity contribution in [3.8, 4) is 5.75 Å². The molecule has 1 amide bonds. The minimum atomic E-state index is -1.76. The van der Waals surface area contributed by atoms with Gasteiger partial charge in [-0.15, -0.1) is 0 Å². The molecule has 0 heterocycles. The van der Waals surface area contributed by atoms with Crippen LogP contribution in [0.15, 0.2) is 24.3 Å². The molecule has 0 aromatic heterocycles. The first-order chi connectivity index (χ1) is 9.81. The maximum absolute atomic E-state index is 13.6. The average molecular weight is 317 g/mol. The fourth-order valence-corrected chi connectivity index (χ4v) is 1.69. The standard InChI is InChI=1S/C13H8ClF3N2O2/c14-7-2-1-5(3-9(7)18)19-13(21)6-4-8(15)11(17)12(20)10(6)16/h1-4,20H,18H2,(H,19,21). The van der Waals surface area contributed by atoms with E-state index in [0.717, 1.165) is 0 Å². The van der Waals surface area contributed by atoms with Gasteiger partial charge in [0.25, 0.3) is 5.91 Å². The van der Waals surface area contributed by atoms with Crippen LogP contribution < -0.4 is 11.1 Å². The van der Waals surface area contributed by atoms with Crippen LogP contribution in [0.2, 0.25) is 5.02 Å². The highest BCUT2D eigenvalue weighted by Gasteiger charge is 2.22. The van der Waals surface area contributed by atoms with Crippen LogP contribution in [0.1, 0.15) is 10.4 Å². The van der Waals surface area contributed by atoms with Crippen molar-refractivity contribution < 1.29 is 23.1 Å². The topological polar surface area (TPSA) is 75.3 Å². The summed E-state index contributed by atoms with van der Waals surface area (Å²) < 4.78 is 39.6. The maximum atomic E-state index is 13.6. The molecule has 8 heteroatoms. The quantitative estimate of drug-likeness (QED) is 0.588. The first-order valence-corrected chi connectivity index (χ1v) is 5.92. The van der Waals surface area contributed by atoms with Gasteiger partial charge in [0.1, 0.15) is 0 Å². The van der Waals surface area contributed by atoms with E-state index in [4.69, 9.17) is 22.4 Å². The Labute approximate surface area is 121 Å². The number of halogens is 4. The molecule has 0 saturated heterocycles. The summed E-state index contributed by atoms with van der Waals surface area (Å²) in [7, 11) is 0. The van der Waals surface area contributed by atoms with E-state index in [1.165, 1.54) is 18.2 Å². The molecule has 0 aliphatic carbocycles. The fourth-order valence-electron chi connectivity index (χ4n) is 1.58. The van der Waals surface area contributed by atoms with Crippen molar-refractivity contribution in [2.24, 2.45) is 0 Å². The van der Waals surface area contributed by atoms with Crippen LogP contribution in [-0.2, 0) is 0 Å². The second-order valence-corrected chi connectivity index (χ2v) is 4.48. The molecule has 0 radical (unpaired) electrons. The van der Waals surface area contributed by atoms with Gasteiger partial charge in [0, 0.05) is 5.69 Å². The highest BCUT2D eigenvalue weighted by atomic mass is 35.5. The Morgan fingerprint density at radius 1 is 1.19 bits per heavy atom. The smallest absolute Gasteiger partial charge is 0.258 e. The molecule has 0 atom stereocenters. The van der Waals surface area contributed by atoms with E-state index in [-0.39, 0.29) is 16.4 Å². The van der Waals surface area contributed by atoms with Gasteiger partial charge in [-0.3, -0.25) is 4.79 Å². The third kappa shape index (κ3) is 2.87. The minimum absolute atomic E-state index is 0.170.